The first-order valence-electron chi connectivity index (χ1n) is 11.1. The largest absolute Gasteiger partial charge is 0.497 e. The van der Waals surface area contributed by atoms with Crippen molar-refractivity contribution in [3.8, 4) is 5.75 Å². The van der Waals surface area contributed by atoms with E-state index in [1.165, 1.54) is 0 Å². The maximum absolute atomic E-state index is 13.3. The zero-order chi connectivity index (χ0) is 24.1. The molecule has 1 saturated heterocycles. The van der Waals surface area contributed by atoms with E-state index in [1.54, 1.807) is 42.5 Å². The lowest BCUT2D eigenvalue weighted by atomic mass is 10.00. The first-order chi connectivity index (χ1) is 16.4. The van der Waals surface area contributed by atoms with Crippen LogP contribution in [0.2, 0.25) is 0 Å². The molecule has 3 aromatic carbocycles. The van der Waals surface area contributed by atoms with Crippen molar-refractivity contribution in [1.82, 2.24) is 9.80 Å². The smallest absolute Gasteiger partial charge is 0.254 e. The van der Waals surface area contributed by atoms with Gasteiger partial charge >= 0.3 is 0 Å². The molecule has 2 atom stereocenters. The number of rotatable bonds is 7. The topological polar surface area (TPSA) is 98.4 Å². The second kappa shape index (κ2) is 11.8. The maximum atomic E-state index is 13.3. The minimum absolute atomic E-state index is 0. The number of hydrogen-bond acceptors (Lipinski definition) is 4. The molecule has 3 aromatic rings. The Hall–Kier alpha value is -3.49. The van der Waals surface area contributed by atoms with Gasteiger partial charge in [-0.15, -0.1) is 0 Å². The molecule has 7 nitrogen and oxygen atoms in total. The first kappa shape index (κ1) is 26.1. The Morgan fingerprint density at radius 3 is 2.34 bits per heavy atom. The van der Waals surface area contributed by atoms with Gasteiger partial charge < -0.3 is 20.0 Å². The fraction of sp³-hybridized carbons (Fsp3) is 0.259. The molecule has 2 amide bonds. The van der Waals surface area contributed by atoms with Crippen molar-refractivity contribution in [1.29, 1.82) is 0 Å². The summed E-state index contributed by atoms with van der Waals surface area (Å²) in [6.45, 7) is 0.910. The highest BCUT2D eigenvalue weighted by Gasteiger charge is 2.35. The van der Waals surface area contributed by atoms with Crippen molar-refractivity contribution in [3.05, 3.63) is 95.6 Å². The predicted octanol–water partition coefficient (Wildman–Crippen LogP) is 2.70. The average molecular weight is 495 g/mol. The number of ether oxygens (including phenoxy) is 1. The van der Waals surface area contributed by atoms with Crippen LogP contribution in [0, 0.1) is 0 Å². The second-order valence-electron chi connectivity index (χ2n) is 8.38. The quantitative estimate of drug-likeness (QED) is 0.504. The van der Waals surface area contributed by atoms with Gasteiger partial charge in [0.1, 0.15) is 12.3 Å². The summed E-state index contributed by atoms with van der Waals surface area (Å²) in [5.41, 5.74) is 2.58. The van der Waals surface area contributed by atoms with E-state index in [4.69, 9.17) is 4.74 Å². The first-order valence-corrected chi connectivity index (χ1v) is 12.7. The van der Waals surface area contributed by atoms with Crippen LogP contribution in [0.3, 0.4) is 0 Å². The summed E-state index contributed by atoms with van der Waals surface area (Å²) in [6.07, 6.45) is 2.25. The van der Waals surface area contributed by atoms with Crippen molar-refractivity contribution in [3.63, 3.8) is 0 Å². The van der Waals surface area contributed by atoms with Gasteiger partial charge in [-0.3, -0.25) is 13.8 Å². The van der Waals surface area contributed by atoms with Gasteiger partial charge in [-0.05, 0) is 53.9 Å². The van der Waals surface area contributed by atoms with E-state index in [-0.39, 0.29) is 29.9 Å². The third kappa shape index (κ3) is 6.35. The molecular weight excluding hydrogens is 464 g/mol. The minimum Gasteiger partial charge on any atom is -0.497 e. The highest BCUT2D eigenvalue weighted by Crippen LogP contribution is 2.22. The molecule has 8 heteroatoms. The monoisotopic (exact) mass is 494 g/mol. The molecule has 35 heavy (non-hydrogen) atoms. The molecule has 1 heterocycles. The van der Waals surface area contributed by atoms with Gasteiger partial charge in [0.15, 0.2) is 0 Å². The van der Waals surface area contributed by atoms with Gasteiger partial charge in [0.05, 0.1) is 13.2 Å². The molecule has 0 aliphatic carbocycles. The van der Waals surface area contributed by atoms with Gasteiger partial charge in [0, 0.05) is 40.6 Å². The maximum Gasteiger partial charge on any atom is 0.254 e. The van der Waals surface area contributed by atoms with Crippen LogP contribution >= 0.6 is 0 Å². The molecule has 1 fully saturated rings. The highest BCUT2D eigenvalue weighted by atomic mass is 32.2. The molecule has 2 N–H and O–H groups in total. The normalized spacial score (nSPS) is 16.4. The molecule has 0 aromatic heterocycles. The zero-order valence-electron chi connectivity index (χ0n) is 19.8. The van der Waals surface area contributed by atoms with Gasteiger partial charge in [0.2, 0.25) is 5.91 Å². The molecular formula is C27H30N2O5S. The van der Waals surface area contributed by atoms with Gasteiger partial charge in [-0.2, -0.15) is 0 Å². The Morgan fingerprint density at radius 2 is 1.69 bits per heavy atom. The van der Waals surface area contributed by atoms with E-state index in [2.05, 4.69) is 0 Å². The van der Waals surface area contributed by atoms with Crippen LogP contribution < -0.4 is 4.74 Å². The highest BCUT2D eigenvalue weighted by molar-refractivity contribution is 7.84. The predicted molar refractivity (Wildman–Crippen MR) is 136 cm³/mol. The lowest BCUT2D eigenvalue weighted by molar-refractivity contribution is -0.139. The van der Waals surface area contributed by atoms with E-state index >= 15 is 0 Å². The Morgan fingerprint density at radius 1 is 1.00 bits per heavy atom. The number of hydrogen-bond donors (Lipinski definition) is 0. The molecule has 1 aliphatic rings. The van der Waals surface area contributed by atoms with Crippen molar-refractivity contribution in [2.45, 2.75) is 23.9 Å². The molecule has 0 radical (unpaired) electrons. The van der Waals surface area contributed by atoms with Crippen molar-refractivity contribution < 1.29 is 24.0 Å². The van der Waals surface area contributed by atoms with E-state index in [0.29, 0.717) is 30.0 Å². The van der Waals surface area contributed by atoms with Crippen molar-refractivity contribution >= 4 is 22.6 Å². The van der Waals surface area contributed by atoms with E-state index in [9.17, 15) is 13.8 Å². The Balaban J connectivity index is 0.00000342. The number of carbonyl (C=O) groups excluding carboxylic acids is 2. The lowest BCUT2D eigenvalue weighted by Crippen LogP contribution is -2.58. The number of benzene rings is 3. The number of nitrogens with zero attached hydrogens (tertiary/aromatic N) is 2. The second-order valence-corrected chi connectivity index (χ2v) is 9.76. The third-order valence-electron chi connectivity index (χ3n) is 6.04. The summed E-state index contributed by atoms with van der Waals surface area (Å²) < 4.78 is 17.0. The molecule has 4 rings (SSSR count). The molecule has 184 valence electrons. The average Bonchev–Trinajstić information content (AvgIpc) is 2.86. The Labute approximate surface area is 208 Å². The summed E-state index contributed by atoms with van der Waals surface area (Å²) >= 11 is 0. The fourth-order valence-corrected chi connectivity index (χ4v) is 4.77. The van der Waals surface area contributed by atoms with Crippen molar-refractivity contribution in [2.24, 2.45) is 0 Å². The van der Waals surface area contributed by atoms with E-state index in [0.717, 1.165) is 16.9 Å². The summed E-state index contributed by atoms with van der Waals surface area (Å²) in [7, 11) is 0.512. The molecule has 0 bridgehead atoms. The van der Waals surface area contributed by atoms with Gasteiger partial charge in [-0.1, -0.05) is 42.5 Å². The third-order valence-corrected chi connectivity index (χ3v) is 6.98. The number of piperazine rings is 1. The SMILES string of the molecule is COc1cccc(CN2C(=O)CN(C(=O)c3ccc(S(C)=O)cc3)C[C@@H]2Cc2ccccc2)c1.O. The standard InChI is InChI=1S/C27H28N2O4S.H2O/c1-33-24-10-6-9-21(16-24)17-29-23(15-20-7-4-3-5-8-20)18-28(19-26(29)30)27(31)22-11-13-25(14-12-22)34(2)32;/h3-14,16,23H,15,17-19H2,1-2H3;1H2/t23-,34?;/m0./s1. The number of methoxy groups -OCH3 is 1. The lowest BCUT2D eigenvalue weighted by Gasteiger charge is -2.41. The Bertz CT molecular complexity index is 1180. The molecule has 0 spiro atoms. The van der Waals surface area contributed by atoms with Crippen LogP contribution in [0.1, 0.15) is 21.5 Å². The van der Waals surface area contributed by atoms with E-state index in [1.807, 2.05) is 59.5 Å². The Kier molecular flexibility index (Phi) is 8.78. The van der Waals surface area contributed by atoms with Crippen LogP contribution in [-0.2, 0) is 28.6 Å². The number of amides is 2. The van der Waals surface area contributed by atoms with Crippen LogP contribution in [-0.4, -0.2) is 63.8 Å². The summed E-state index contributed by atoms with van der Waals surface area (Å²) in [5.74, 6) is 0.463. The summed E-state index contributed by atoms with van der Waals surface area (Å²) in [5, 5.41) is 0. The fourth-order valence-electron chi connectivity index (χ4n) is 4.25. The van der Waals surface area contributed by atoms with Crippen LogP contribution in [0.5, 0.6) is 5.75 Å². The van der Waals surface area contributed by atoms with Crippen LogP contribution in [0.4, 0.5) is 0 Å². The zero-order valence-corrected chi connectivity index (χ0v) is 20.7. The van der Waals surface area contributed by atoms with Crippen molar-refractivity contribution in [2.75, 3.05) is 26.5 Å². The van der Waals surface area contributed by atoms with Crippen LogP contribution in [0.25, 0.3) is 0 Å². The van der Waals surface area contributed by atoms with Gasteiger partial charge in [0.25, 0.3) is 5.91 Å². The van der Waals surface area contributed by atoms with Crippen LogP contribution in [0.15, 0.2) is 83.8 Å². The van der Waals surface area contributed by atoms with Gasteiger partial charge in [-0.25, -0.2) is 0 Å². The summed E-state index contributed by atoms with van der Waals surface area (Å²) in [4.78, 5) is 30.7. The number of carbonyl (C=O) groups is 2. The minimum atomic E-state index is -1.11. The molecule has 1 aliphatic heterocycles. The molecule has 0 saturated carbocycles. The molecule has 1 unspecified atom stereocenters. The van der Waals surface area contributed by atoms with E-state index < -0.39 is 10.8 Å². The summed E-state index contributed by atoms with van der Waals surface area (Å²) in [6, 6.07) is 24.3.